The fraction of sp³-hybridized carbons (Fsp3) is 0.864. The third kappa shape index (κ3) is 58.5. The van der Waals surface area contributed by atoms with Crippen LogP contribution in [0.3, 0.4) is 0 Å². The molecule has 1 atom stereocenters. The van der Waals surface area contributed by atoms with Gasteiger partial charge < -0.3 is 14.2 Å². The number of hydrogen-bond acceptors (Lipinski definition) is 6. The molecule has 0 radical (unpaired) electrons. The summed E-state index contributed by atoms with van der Waals surface area (Å²) in [6.45, 7) is 6.68. The number of rotatable bonds is 59. The summed E-state index contributed by atoms with van der Waals surface area (Å²) >= 11 is 0. The van der Waals surface area contributed by atoms with Gasteiger partial charge in [-0.05, 0) is 77.0 Å². The summed E-state index contributed by atoms with van der Waals surface area (Å²) in [5, 5.41) is 0. The molecular weight excluding hydrogens is 889 g/mol. The number of allylic oxidation sites excluding steroid dienone is 6. The lowest BCUT2D eigenvalue weighted by molar-refractivity contribution is -0.167. The molecule has 0 aliphatic rings. The third-order valence-corrected chi connectivity index (χ3v) is 14.4. The molecule has 6 heteroatoms. The summed E-state index contributed by atoms with van der Waals surface area (Å²) in [6, 6.07) is 0. The lowest BCUT2D eigenvalue weighted by Gasteiger charge is -2.18. The van der Waals surface area contributed by atoms with E-state index in [0.717, 1.165) is 64.2 Å². The zero-order chi connectivity index (χ0) is 52.2. The van der Waals surface area contributed by atoms with Crippen molar-refractivity contribution in [1.82, 2.24) is 0 Å². The SMILES string of the molecule is CCCCCCC/C=C\C/C=C\CCCCCCCCCCCC(=O)OCC(COC(=O)CCCCCCCCCCCCCCCCC)OC(=O)CCCCCCCCC/C=C\CCCCCCCCC. The van der Waals surface area contributed by atoms with Crippen LogP contribution in [0, 0.1) is 0 Å². The van der Waals surface area contributed by atoms with Crippen LogP contribution in [-0.4, -0.2) is 37.2 Å². The Bertz CT molecular complexity index is 1210. The highest BCUT2D eigenvalue weighted by Crippen LogP contribution is 2.17. The first-order chi connectivity index (χ1) is 35.5. The molecule has 0 N–H and O–H groups in total. The van der Waals surface area contributed by atoms with Crippen LogP contribution in [0.2, 0.25) is 0 Å². The van der Waals surface area contributed by atoms with Crippen LogP contribution >= 0.6 is 0 Å². The van der Waals surface area contributed by atoms with Gasteiger partial charge in [-0.1, -0.05) is 288 Å². The summed E-state index contributed by atoms with van der Waals surface area (Å²) in [6.07, 6.45) is 74.3. The molecule has 72 heavy (non-hydrogen) atoms. The molecule has 0 saturated carbocycles. The van der Waals surface area contributed by atoms with E-state index >= 15 is 0 Å². The van der Waals surface area contributed by atoms with Gasteiger partial charge in [-0.15, -0.1) is 0 Å². The fourth-order valence-corrected chi connectivity index (χ4v) is 9.53. The fourth-order valence-electron chi connectivity index (χ4n) is 9.53. The lowest BCUT2D eigenvalue weighted by atomic mass is 10.0. The highest BCUT2D eigenvalue weighted by Gasteiger charge is 2.19. The smallest absolute Gasteiger partial charge is 0.306 e. The Kier molecular flexibility index (Phi) is 59.2. The average Bonchev–Trinajstić information content (AvgIpc) is 3.38. The first kappa shape index (κ1) is 69.6. The van der Waals surface area contributed by atoms with Crippen LogP contribution in [-0.2, 0) is 28.6 Å². The minimum Gasteiger partial charge on any atom is -0.462 e. The van der Waals surface area contributed by atoms with Crippen molar-refractivity contribution in [3.8, 4) is 0 Å². The maximum Gasteiger partial charge on any atom is 0.306 e. The van der Waals surface area contributed by atoms with Gasteiger partial charge >= 0.3 is 17.9 Å². The van der Waals surface area contributed by atoms with E-state index in [1.54, 1.807) is 0 Å². The molecule has 0 aromatic rings. The van der Waals surface area contributed by atoms with Gasteiger partial charge in [-0.2, -0.15) is 0 Å². The molecule has 0 aromatic carbocycles. The Hall–Kier alpha value is -2.37. The molecule has 0 amide bonds. The van der Waals surface area contributed by atoms with E-state index in [2.05, 4.69) is 57.2 Å². The maximum absolute atomic E-state index is 12.9. The number of hydrogen-bond donors (Lipinski definition) is 0. The Labute approximate surface area is 448 Å². The van der Waals surface area contributed by atoms with Crippen molar-refractivity contribution in [3.05, 3.63) is 36.5 Å². The Morgan fingerprint density at radius 3 is 0.778 bits per heavy atom. The topological polar surface area (TPSA) is 78.9 Å². The maximum atomic E-state index is 12.9. The van der Waals surface area contributed by atoms with Crippen LogP contribution in [0.4, 0.5) is 0 Å². The molecule has 1 unspecified atom stereocenters. The van der Waals surface area contributed by atoms with E-state index in [1.165, 1.54) is 244 Å². The van der Waals surface area contributed by atoms with Crippen LogP contribution in [0.1, 0.15) is 348 Å². The highest BCUT2D eigenvalue weighted by atomic mass is 16.6. The van der Waals surface area contributed by atoms with Crippen LogP contribution in [0.15, 0.2) is 36.5 Å². The predicted octanol–water partition coefficient (Wildman–Crippen LogP) is 21.6. The molecule has 0 aliphatic carbocycles. The first-order valence-electron chi connectivity index (χ1n) is 32.0. The van der Waals surface area contributed by atoms with Crippen LogP contribution in [0.25, 0.3) is 0 Å². The van der Waals surface area contributed by atoms with Gasteiger partial charge in [-0.3, -0.25) is 14.4 Å². The van der Waals surface area contributed by atoms with Gasteiger partial charge in [-0.25, -0.2) is 0 Å². The van der Waals surface area contributed by atoms with Crippen molar-refractivity contribution in [1.29, 1.82) is 0 Å². The molecule has 422 valence electrons. The molecule has 0 heterocycles. The molecule has 0 aromatic heterocycles. The average molecular weight is 1010 g/mol. The van der Waals surface area contributed by atoms with Crippen LogP contribution < -0.4 is 0 Å². The van der Waals surface area contributed by atoms with Crippen LogP contribution in [0.5, 0.6) is 0 Å². The number of esters is 3. The van der Waals surface area contributed by atoms with E-state index in [4.69, 9.17) is 14.2 Å². The minimum absolute atomic E-state index is 0.0709. The van der Waals surface area contributed by atoms with Gasteiger partial charge in [0.15, 0.2) is 6.10 Å². The second-order valence-electron chi connectivity index (χ2n) is 21.7. The third-order valence-electron chi connectivity index (χ3n) is 14.4. The van der Waals surface area contributed by atoms with Gasteiger partial charge in [0, 0.05) is 19.3 Å². The van der Waals surface area contributed by atoms with E-state index in [-0.39, 0.29) is 31.1 Å². The first-order valence-corrected chi connectivity index (χ1v) is 32.0. The second kappa shape index (κ2) is 61.2. The van der Waals surface area contributed by atoms with E-state index in [1.807, 2.05) is 0 Å². The van der Waals surface area contributed by atoms with Crippen molar-refractivity contribution in [2.24, 2.45) is 0 Å². The van der Waals surface area contributed by atoms with Crippen molar-refractivity contribution >= 4 is 17.9 Å². The number of carbonyl (C=O) groups excluding carboxylic acids is 3. The molecule has 0 fully saturated rings. The Morgan fingerprint density at radius 2 is 0.500 bits per heavy atom. The molecule has 0 aliphatic heterocycles. The summed E-state index contributed by atoms with van der Waals surface area (Å²) in [7, 11) is 0. The molecule has 6 nitrogen and oxygen atoms in total. The van der Waals surface area contributed by atoms with Gasteiger partial charge in [0.1, 0.15) is 13.2 Å². The molecule has 0 rings (SSSR count). The lowest BCUT2D eigenvalue weighted by Crippen LogP contribution is -2.30. The zero-order valence-corrected chi connectivity index (χ0v) is 48.5. The van der Waals surface area contributed by atoms with Crippen molar-refractivity contribution in [3.63, 3.8) is 0 Å². The van der Waals surface area contributed by atoms with E-state index < -0.39 is 6.10 Å². The normalized spacial score (nSPS) is 12.2. The summed E-state index contributed by atoms with van der Waals surface area (Å²) in [5.41, 5.74) is 0. The van der Waals surface area contributed by atoms with Gasteiger partial charge in [0.2, 0.25) is 0 Å². The van der Waals surface area contributed by atoms with Crippen molar-refractivity contribution in [2.45, 2.75) is 354 Å². The standard InChI is InChI=1S/C66H122O6/c1-4-7-10-13-16-19-22-25-28-30-32-33-34-36-38-41-44-47-50-53-56-59-65(68)71-62-63(61-70-64(67)58-55-52-49-46-43-40-37-27-24-21-18-15-12-9-6-3)72-66(69)60-57-54-51-48-45-42-39-35-31-29-26-23-20-17-14-11-8-5-2/h22,25,29-32,63H,4-21,23-24,26-28,33-62H2,1-3H3/b25-22-,31-29-,32-30-. The number of carbonyl (C=O) groups is 3. The molecule has 0 saturated heterocycles. The summed E-state index contributed by atoms with van der Waals surface area (Å²) in [4.78, 5) is 38.3. The summed E-state index contributed by atoms with van der Waals surface area (Å²) in [5.74, 6) is -0.856. The van der Waals surface area contributed by atoms with Crippen molar-refractivity contribution in [2.75, 3.05) is 13.2 Å². The predicted molar refractivity (Wildman–Crippen MR) is 312 cm³/mol. The van der Waals surface area contributed by atoms with Gasteiger partial charge in [0.05, 0.1) is 0 Å². The molecule has 0 bridgehead atoms. The zero-order valence-electron chi connectivity index (χ0n) is 48.5. The Morgan fingerprint density at radius 1 is 0.278 bits per heavy atom. The Balaban J connectivity index is 4.33. The molecule has 0 spiro atoms. The number of ether oxygens (including phenoxy) is 3. The highest BCUT2D eigenvalue weighted by molar-refractivity contribution is 5.71. The monoisotopic (exact) mass is 1010 g/mol. The largest absolute Gasteiger partial charge is 0.462 e. The van der Waals surface area contributed by atoms with Crippen molar-refractivity contribution < 1.29 is 28.6 Å². The van der Waals surface area contributed by atoms with E-state index in [0.29, 0.717) is 19.3 Å². The summed E-state index contributed by atoms with van der Waals surface area (Å²) < 4.78 is 16.9. The quantitative estimate of drug-likeness (QED) is 0.0261. The van der Waals surface area contributed by atoms with Gasteiger partial charge in [0.25, 0.3) is 0 Å². The second-order valence-corrected chi connectivity index (χ2v) is 21.7. The van der Waals surface area contributed by atoms with E-state index in [9.17, 15) is 14.4 Å². The number of unbranched alkanes of at least 4 members (excludes halogenated alkanes) is 42. The molecular formula is C66H122O6. The minimum atomic E-state index is -0.774.